The van der Waals surface area contributed by atoms with Crippen molar-refractivity contribution in [1.29, 1.82) is 5.26 Å². The number of allylic oxidation sites excluding steroid dienone is 1. The second kappa shape index (κ2) is 7.43. The highest BCUT2D eigenvalue weighted by molar-refractivity contribution is 7.21. The van der Waals surface area contributed by atoms with Gasteiger partial charge in [0.15, 0.2) is 10.8 Å². The Bertz CT molecular complexity index is 1380. The third kappa shape index (κ3) is 3.41. The SMILES string of the molecule is Cc1ccc(-c2noc(/C(C#N)=C/c3ccc(-c4nc5ccccc5s4)o3)n2)cc1. The number of furan rings is 1. The van der Waals surface area contributed by atoms with E-state index in [0.717, 1.165) is 26.4 Å². The first kappa shape index (κ1) is 18.0. The maximum atomic E-state index is 9.58. The molecule has 7 heteroatoms. The number of aromatic nitrogens is 3. The van der Waals surface area contributed by atoms with Gasteiger partial charge in [0.25, 0.3) is 5.89 Å². The van der Waals surface area contributed by atoms with Gasteiger partial charge in [-0.1, -0.05) is 47.1 Å². The van der Waals surface area contributed by atoms with Crippen LogP contribution in [0, 0.1) is 18.3 Å². The average molecular weight is 410 g/mol. The summed E-state index contributed by atoms with van der Waals surface area (Å²) in [6.45, 7) is 2.01. The molecule has 3 aromatic heterocycles. The summed E-state index contributed by atoms with van der Waals surface area (Å²) in [4.78, 5) is 8.95. The minimum absolute atomic E-state index is 0.144. The Kier molecular flexibility index (Phi) is 4.46. The van der Waals surface area contributed by atoms with Gasteiger partial charge in [-0.15, -0.1) is 11.3 Å². The Hall–Kier alpha value is -4.02. The van der Waals surface area contributed by atoms with Crippen molar-refractivity contribution in [2.45, 2.75) is 6.92 Å². The molecule has 0 aliphatic heterocycles. The van der Waals surface area contributed by atoms with Crippen molar-refractivity contribution in [1.82, 2.24) is 15.1 Å². The maximum absolute atomic E-state index is 9.58. The molecule has 0 N–H and O–H groups in total. The lowest BCUT2D eigenvalue weighted by Gasteiger charge is -1.94. The van der Waals surface area contributed by atoms with E-state index in [1.165, 1.54) is 0 Å². The number of rotatable bonds is 4. The molecule has 0 saturated heterocycles. The topological polar surface area (TPSA) is 88.7 Å². The van der Waals surface area contributed by atoms with Gasteiger partial charge in [0.05, 0.1) is 10.2 Å². The Labute approximate surface area is 175 Å². The highest BCUT2D eigenvalue weighted by Crippen LogP contribution is 2.32. The number of thiazole rings is 1. The summed E-state index contributed by atoms with van der Waals surface area (Å²) >= 11 is 1.56. The summed E-state index contributed by atoms with van der Waals surface area (Å²) < 4.78 is 12.3. The van der Waals surface area contributed by atoms with E-state index < -0.39 is 0 Å². The molecule has 144 valence electrons. The summed E-state index contributed by atoms with van der Waals surface area (Å²) in [6.07, 6.45) is 1.59. The molecule has 0 atom stereocenters. The van der Waals surface area contributed by atoms with Gasteiger partial charge in [0.1, 0.15) is 17.4 Å². The lowest BCUT2D eigenvalue weighted by molar-refractivity contribution is 0.409. The molecule has 0 aliphatic carbocycles. The van der Waals surface area contributed by atoms with Gasteiger partial charge in [-0.2, -0.15) is 10.2 Å². The first-order valence-corrected chi connectivity index (χ1v) is 10.00. The van der Waals surface area contributed by atoms with E-state index in [1.807, 2.05) is 61.5 Å². The van der Waals surface area contributed by atoms with Gasteiger partial charge in [0.2, 0.25) is 5.82 Å². The fourth-order valence-electron chi connectivity index (χ4n) is 2.96. The van der Waals surface area contributed by atoms with Crippen LogP contribution in [-0.4, -0.2) is 15.1 Å². The third-order valence-corrected chi connectivity index (χ3v) is 5.56. The van der Waals surface area contributed by atoms with Crippen LogP contribution in [0.25, 0.3) is 44.0 Å². The summed E-state index contributed by atoms with van der Waals surface area (Å²) in [6, 6.07) is 21.4. The van der Waals surface area contributed by atoms with E-state index in [-0.39, 0.29) is 11.5 Å². The minimum atomic E-state index is 0.144. The van der Waals surface area contributed by atoms with Crippen LogP contribution >= 0.6 is 11.3 Å². The average Bonchev–Trinajstić information content (AvgIpc) is 3.51. The van der Waals surface area contributed by atoms with Gasteiger partial charge in [-0.05, 0) is 31.2 Å². The van der Waals surface area contributed by atoms with Crippen molar-refractivity contribution in [2.24, 2.45) is 0 Å². The number of nitriles is 1. The first-order chi connectivity index (χ1) is 14.7. The van der Waals surface area contributed by atoms with E-state index in [2.05, 4.69) is 21.2 Å². The molecule has 30 heavy (non-hydrogen) atoms. The highest BCUT2D eigenvalue weighted by atomic mass is 32.1. The molecular formula is C23H14N4O2S. The monoisotopic (exact) mass is 410 g/mol. The van der Waals surface area contributed by atoms with E-state index in [9.17, 15) is 5.26 Å². The Morgan fingerprint density at radius 2 is 1.87 bits per heavy atom. The quantitative estimate of drug-likeness (QED) is 0.339. The van der Waals surface area contributed by atoms with Gasteiger partial charge in [-0.25, -0.2) is 4.98 Å². The lowest BCUT2D eigenvalue weighted by atomic mass is 10.1. The number of para-hydroxylation sites is 1. The summed E-state index contributed by atoms with van der Waals surface area (Å²) in [5.74, 6) is 1.73. The van der Waals surface area contributed by atoms with E-state index in [0.29, 0.717) is 17.3 Å². The van der Waals surface area contributed by atoms with E-state index >= 15 is 0 Å². The van der Waals surface area contributed by atoms with Crippen molar-refractivity contribution in [3.63, 3.8) is 0 Å². The molecule has 0 bridgehead atoms. The standard InChI is InChI=1S/C23H14N4O2S/c1-14-6-8-15(9-7-14)21-26-22(29-27-21)16(13-24)12-17-10-11-19(28-17)23-25-18-4-2-3-5-20(18)30-23/h2-12H,1H3/b16-12+. The van der Waals surface area contributed by atoms with Gasteiger partial charge < -0.3 is 8.94 Å². The molecule has 0 unspecified atom stereocenters. The van der Waals surface area contributed by atoms with Crippen LogP contribution in [0.15, 0.2) is 69.6 Å². The van der Waals surface area contributed by atoms with Crippen LogP contribution in [0.3, 0.4) is 0 Å². The molecule has 5 aromatic rings. The fraction of sp³-hybridized carbons (Fsp3) is 0.0435. The van der Waals surface area contributed by atoms with Gasteiger partial charge >= 0.3 is 0 Å². The van der Waals surface area contributed by atoms with Crippen LogP contribution < -0.4 is 0 Å². The zero-order chi connectivity index (χ0) is 20.5. The predicted octanol–water partition coefficient (Wildman–Crippen LogP) is 5.98. The van der Waals surface area contributed by atoms with Crippen LogP contribution in [0.1, 0.15) is 17.2 Å². The molecular weight excluding hydrogens is 396 g/mol. The number of benzene rings is 2. The molecule has 0 saturated carbocycles. The second-order valence-electron chi connectivity index (χ2n) is 6.65. The number of hydrogen-bond donors (Lipinski definition) is 0. The number of fused-ring (bicyclic) bond motifs is 1. The van der Waals surface area contributed by atoms with Crippen LogP contribution in [-0.2, 0) is 0 Å². The van der Waals surface area contributed by atoms with Gasteiger partial charge in [0, 0.05) is 11.6 Å². The normalized spacial score (nSPS) is 11.7. The van der Waals surface area contributed by atoms with Crippen molar-refractivity contribution >= 4 is 33.2 Å². The van der Waals surface area contributed by atoms with Crippen molar-refractivity contribution in [2.75, 3.05) is 0 Å². The molecule has 6 nitrogen and oxygen atoms in total. The molecule has 0 fully saturated rings. The highest BCUT2D eigenvalue weighted by Gasteiger charge is 2.15. The summed E-state index contributed by atoms with van der Waals surface area (Å²) in [5, 5.41) is 14.4. The zero-order valence-electron chi connectivity index (χ0n) is 15.9. The maximum Gasteiger partial charge on any atom is 0.269 e. The van der Waals surface area contributed by atoms with Crippen molar-refractivity contribution < 1.29 is 8.94 Å². The first-order valence-electron chi connectivity index (χ1n) is 9.18. The predicted molar refractivity (Wildman–Crippen MR) is 115 cm³/mol. The molecule has 0 spiro atoms. The van der Waals surface area contributed by atoms with Crippen molar-refractivity contribution in [3.8, 4) is 28.2 Å². The molecule has 5 rings (SSSR count). The number of nitrogens with zero attached hydrogens (tertiary/aromatic N) is 4. The summed E-state index contributed by atoms with van der Waals surface area (Å²) in [7, 11) is 0. The van der Waals surface area contributed by atoms with Crippen LogP contribution in [0.2, 0.25) is 0 Å². The zero-order valence-corrected chi connectivity index (χ0v) is 16.7. The Balaban J connectivity index is 1.44. The van der Waals surface area contributed by atoms with Crippen LogP contribution in [0.4, 0.5) is 0 Å². The third-order valence-electron chi connectivity index (χ3n) is 4.50. The minimum Gasteiger partial charge on any atom is -0.454 e. The van der Waals surface area contributed by atoms with Crippen LogP contribution in [0.5, 0.6) is 0 Å². The molecule has 0 amide bonds. The Morgan fingerprint density at radius 3 is 2.67 bits per heavy atom. The van der Waals surface area contributed by atoms with E-state index in [4.69, 9.17) is 8.94 Å². The number of aryl methyl sites for hydroxylation is 1. The number of hydrogen-bond acceptors (Lipinski definition) is 7. The lowest BCUT2D eigenvalue weighted by Crippen LogP contribution is -1.84. The molecule has 0 radical (unpaired) electrons. The largest absolute Gasteiger partial charge is 0.454 e. The Morgan fingerprint density at radius 1 is 1.03 bits per heavy atom. The smallest absolute Gasteiger partial charge is 0.269 e. The second-order valence-corrected chi connectivity index (χ2v) is 7.68. The molecule has 3 heterocycles. The van der Waals surface area contributed by atoms with E-state index in [1.54, 1.807) is 23.5 Å². The van der Waals surface area contributed by atoms with Gasteiger partial charge in [-0.3, -0.25) is 0 Å². The van der Waals surface area contributed by atoms with Crippen molar-refractivity contribution in [3.05, 3.63) is 77.9 Å². The summed E-state index contributed by atoms with van der Waals surface area (Å²) in [5.41, 5.74) is 3.12. The molecule has 0 aliphatic rings. The fourth-order valence-corrected chi connectivity index (χ4v) is 3.89. The molecule has 2 aromatic carbocycles.